The van der Waals surface area contributed by atoms with Gasteiger partial charge in [0.15, 0.2) is 35.6 Å². The largest absolute Gasteiger partial charge is 0.465 e. The number of nitrogens with zero attached hydrogens (tertiary/aromatic N) is 1. The van der Waals surface area contributed by atoms with Crippen LogP contribution in [0.2, 0.25) is 0 Å². The third-order valence-electron chi connectivity index (χ3n) is 12.2. The second-order valence-electron chi connectivity index (χ2n) is 16.7. The minimum Gasteiger partial charge on any atom is -0.465 e. The van der Waals surface area contributed by atoms with Crippen molar-refractivity contribution in [3.8, 4) is 0 Å². The fourth-order valence-corrected chi connectivity index (χ4v) is 9.73. The number of cyclic esters (lactones) is 1. The summed E-state index contributed by atoms with van der Waals surface area (Å²) in [6, 6.07) is 10.2. The smallest absolute Gasteiger partial charge is 0.340 e. The summed E-state index contributed by atoms with van der Waals surface area (Å²) in [4.78, 5) is 113. The van der Waals surface area contributed by atoms with Gasteiger partial charge in [0, 0.05) is 40.8 Å². The molecule has 4 bridgehead atoms. The summed E-state index contributed by atoms with van der Waals surface area (Å²) < 4.78 is 54.9. The average Bonchev–Trinajstić information content (AvgIpc) is 3.42. The molecule has 12 atom stereocenters. The summed E-state index contributed by atoms with van der Waals surface area (Å²) in [5, 5.41) is 25.4. The molecule has 6 rings (SSSR count). The Labute approximate surface area is 360 Å². The zero-order valence-corrected chi connectivity index (χ0v) is 35.8. The summed E-state index contributed by atoms with van der Waals surface area (Å²) in [7, 11) is 0. The Kier molecular flexibility index (Phi) is 12.5. The summed E-state index contributed by atoms with van der Waals surface area (Å²) in [5.74, 6) is -10.5. The van der Waals surface area contributed by atoms with Gasteiger partial charge in [0.2, 0.25) is 0 Å². The normalized spacial score (nSPS) is 35.8. The molecule has 20 heteroatoms. The van der Waals surface area contributed by atoms with E-state index in [1.807, 2.05) is 0 Å². The van der Waals surface area contributed by atoms with Gasteiger partial charge >= 0.3 is 47.8 Å². The first-order chi connectivity index (χ1) is 29.4. The lowest BCUT2D eigenvalue weighted by atomic mass is 9.45. The lowest BCUT2D eigenvalue weighted by Gasteiger charge is -2.67. The first-order valence-electron chi connectivity index (χ1n) is 20.0. The van der Waals surface area contributed by atoms with Gasteiger partial charge in [0.05, 0.1) is 22.7 Å². The Balaban J connectivity index is 1.80. The zero-order chi connectivity index (χ0) is 46.4. The lowest BCUT2D eigenvalue weighted by molar-refractivity contribution is -0.386. The van der Waals surface area contributed by atoms with Crippen LogP contribution in [0.5, 0.6) is 0 Å². The number of hydrogen-bond donors (Lipinski definition) is 2. The minimum absolute atomic E-state index is 0.0618. The molecule has 2 aliphatic carbocycles. The van der Waals surface area contributed by atoms with E-state index in [4.69, 9.17) is 42.6 Å². The van der Waals surface area contributed by atoms with Crippen molar-refractivity contribution in [3.63, 3.8) is 0 Å². The lowest BCUT2D eigenvalue weighted by Crippen LogP contribution is -2.89. The Morgan fingerprint density at radius 3 is 1.92 bits per heavy atom. The second kappa shape index (κ2) is 16.9. The molecule has 3 heterocycles. The maximum atomic E-state index is 14.4. The molecule has 1 saturated heterocycles. The molecule has 3 fully saturated rings. The van der Waals surface area contributed by atoms with Gasteiger partial charge in [-0.05, 0) is 57.9 Å². The van der Waals surface area contributed by atoms with Crippen molar-refractivity contribution in [2.24, 2.45) is 11.3 Å². The molecule has 340 valence electrons. The molecule has 1 aromatic heterocycles. The Hall–Kier alpha value is -5.99. The van der Waals surface area contributed by atoms with Gasteiger partial charge in [-0.25, -0.2) is 14.4 Å². The van der Waals surface area contributed by atoms with Crippen molar-refractivity contribution in [1.82, 2.24) is 4.98 Å². The predicted octanol–water partition coefficient (Wildman–Crippen LogP) is 1.27. The van der Waals surface area contributed by atoms with Gasteiger partial charge in [-0.15, -0.1) is 0 Å². The Morgan fingerprint density at radius 2 is 1.33 bits per heavy atom. The summed E-state index contributed by atoms with van der Waals surface area (Å²) in [6.07, 6.45) is -12.0. The highest BCUT2D eigenvalue weighted by atomic mass is 16.7. The highest BCUT2D eigenvalue weighted by molar-refractivity contribution is 5.91. The van der Waals surface area contributed by atoms with E-state index in [9.17, 15) is 48.6 Å². The van der Waals surface area contributed by atoms with Crippen LogP contribution in [0, 0.1) is 11.3 Å². The highest BCUT2D eigenvalue weighted by Gasteiger charge is 2.92. The van der Waals surface area contributed by atoms with E-state index in [0.29, 0.717) is 0 Å². The number of fused-ring (bicyclic) bond motifs is 5. The van der Waals surface area contributed by atoms with E-state index in [1.165, 1.54) is 49.5 Å². The van der Waals surface area contributed by atoms with Crippen LogP contribution in [-0.4, -0.2) is 135 Å². The number of pyridine rings is 1. The van der Waals surface area contributed by atoms with Crippen molar-refractivity contribution in [3.05, 3.63) is 65.5 Å². The predicted molar refractivity (Wildman–Crippen MR) is 207 cm³/mol. The van der Waals surface area contributed by atoms with Crippen LogP contribution < -0.4 is 0 Å². The number of esters is 8. The van der Waals surface area contributed by atoms with Gasteiger partial charge < -0.3 is 52.8 Å². The molecular weight excluding hydrogens is 834 g/mol. The highest BCUT2D eigenvalue weighted by Crippen LogP contribution is 2.70. The van der Waals surface area contributed by atoms with Crippen molar-refractivity contribution in [1.29, 1.82) is 0 Å². The number of hydrogen-bond acceptors (Lipinski definition) is 20. The summed E-state index contributed by atoms with van der Waals surface area (Å²) in [5.41, 5.74) is -13.3. The summed E-state index contributed by atoms with van der Waals surface area (Å²) in [6.45, 7) is 6.31. The second-order valence-corrected chi connectivity index (χ2v) is 16.7. The zero-order valence-electron chi connectivity index (χ0n) is 35.8. The number of aromatic nitrogens is 1. The van der Waals surface area contributed by atoms with Crippen LogP contribution in [0.4, 0.5) is 0 Å². The quantitative estimate of drug-likeness (QED) is 0.279. The van der Waals surface area contributed by atoms with E-state index >= 15 is 0 Å². The van der Waals surface area contributed by atoms with E-state index in [2.05, 4.69) is 4.98 Å². The maximum absolute atomic E-state index is 14.4. The van der Waals surface area contributed by atoms with Crippen LogP contribution in [0.25, 0.3) is 0 Å². The van der Waals surface area contributed by atoms with Crippen molar-refractivity contribution in [2.75, 3.05) is 13.2 Å². The SMILES string of the molecule is CC(=O)OC[C@]12[C@H](OC(C)=O)C(OC(C)=O)[C@@H]3[C@@H](OC(=O)c4ccccc4)[C@@]14O[C@@]3(C)COC(=O)c1cccnc1CC[C@](C)(O)C(=O)O[C@@H]([C@H](OC(C)=O)[C@@H]2OC(C)=O)[C@]4(C)O. The number of aliphatic hydroxyl groups is 2. The monoisotopic (exact) mass is 883 g/mol. The minimum atomic E-state index is -2.98. The van der Waals surface area contributed by atoms with Crippen LogP contribution >= 0.6 is 0 Å². The number of rotatable bonds is 8. The number of carbonyl (C=O) groups is 8. The molecule has 2 saturated carbocycles. The molecule has 0 amide bonds. The molecule has 2 aliphatic heterocycles. The van der Waals surface area contributed by atoms with E-state index in [-0.39, 0.29) is 23.2 Å². The molecule has 1 spiro atoms. The third-order valence-corrected chi connectivity index (χ3v) is 12.2. The van der Waals surface area contributed by atoms with Crippen molar-refractivity contribution < 1.29 is 91.2 Å². The molecule has 1 unspecified atom stereocenters. The van der Waals surface area contributed by atoms with Gasteiger partial charge in [-0.1, -0.05) is 18.2 Å². The first kappa shape index (κ1) is 46.5. The van der Waals surface area contributed by atoms with Crippen molar-refractivity contribution in [2.45, 2.75) is 127 Å². The fraction of sp³-hybridized carbons (Fsp3) is 0.558. The fourth-order valence-electron chi connectivity index (χ4n) is 9.73. The Bertz CT molecular complexity index is 2190. The number of carbonyl (C=O) groups excluding carboxylic acids is 8. The van der Waals surface area contributed by atoms with Gasteiger partial charge in [-0.3, -0.25) is 29.0 Å². The standard InChI is InChI=1S/C43H49NO19/c1-21(45)55-20-42-34(59-24(4)48)30(57-22(2)46)29-32(61-36(50)26-13-10-9-11-14-26)43(42)41(8,54)33(31(58-23(3)47)35(42)60-25(5)49)62-38(52)39(6,53)17-16-28-27(15-12-18-44-28)37(51)56-19-40(29,7)63-43/h9-15,18,29-35,53-54H,16-17,19-20H2,1-8H3/t29-,30?,31+,32-,33+,34-,35+,39+,40+,41+,42-,43+/m1/s1. The molecule has 4 aliphatic rings. The molecule has 63 heavy (non-hydrogen) atoms. The molecule has 1 aromatic carbocycles. The topological polar surface area (TPSA) is 273 Å². The number of benzene rings is 1. The summed E-state index contributed by atoms with van der Waals surface area (Å²) >= 11 is 0. The first-order valence-corrected chi connectivity index (χ1v) is 20.0. The molecular formula is C43H49NO19. The van der Waals surface area contributed by atoms with E-state index in [0.717, 1.165) is 48.5 Å². The van der Waals surface area contributed by atoms with Crippen molar-refractivity contribution >= 4 is 47.8 Å². The van der Waals surface area contributed by atoms with Crippen LogP contribution in [0.1, 0.15) is 88.2 Å². The van der Waals surface area contributed by atoms with E-state index < -0.39 is 138 Å². The molecule has 20 nitrogen and oxygen atoms in total. The maximum Gasteiger partial charge on any atom is 0.340 e. The molecule has 2 N–H and O–H groups in total. The molecule has 0 radical (unpaired) electrons. The van der Waals surface area contributed by atoms with Gasteiger partial charge in [0.25, 0.3) is 0 Å². The van der Waals surface area contributed by atoms with E-state index in [1.54, 1.807) is 6.07 Å². The van der Waals surface area contributed by atoms with Crippen LogP contribution in [0.15, 0.2) is 48.7 Å². The number of ether oxygens (including phenoxy) is 9. The third kappa shape index (κ3) is 7.99. The van der Waals surface area contributed by atoms with Crippen LogP contribution in [0.3, 0.4) is 0 Å². The van der Waals surface area contributed by atoms with Gasteiger partial charge in [0.1, 0.15) is 42.0 Å². The molecule has 2 aromatic rings. The van der Waals surface area contributed by atoms with Gasteiger partial charge in [-0.2, -0.15) is 0 Å². The average molecular weight is 884 g/mol. The van der Waals surface area contributed by atoms with Crippen LogP contribution in [-0.2, 0) is 77.8 Å². The number of aryl methyl sites for hydroxylation is 1. The Morgan fingerprint density at radius 1 is 0.746 bits per heavy atom.